The zero-order valence-corrected chi connectivity index (χ0v) is 11.3. The van der Waals surface area contributed by atoms with Gasteiger partial charge in [0.1, 0.15) is 0 Å². The van der Waals surface area contributed by atoms with Gasteiger partial charge < -0.3 is 10.0 Å². The Hall–Kier alpha value is -0.860. The highest BCUT2D eigenvalue weighted by Gasteiger charge is 2.43. The largest absolute Gasteiger partial charge is 0.388 e. The Morgan fingerprint density at radius 2 is 1.59 bits per heavy atom. The van der Waals surface area contributed by atoms with Crippen molar-refractivity contribution in [2.24, 2.45) is 5.41 Å². The Bertz CT molecular complexity index is 376. The van der Waals surface area contributed by atoms with Gasteiger partial charge in [-0.25, -0.2) is 0 Å². The Labute approximate surface area is 104 Å². The Morgan fingerprint density at radius 1 is 1.12 bits per heavy atom. The molecule has 1 aromatic rings. The van der Waals surface area contributed by atoms with Crippen LogP contribution in [0.15, 0.2) is 24.3 Å². The van der Waals surface area contributed by atoms with Gasteiger partial charge in [-0.1, -0.05) is 45.0 Å². The molecule has 17 heavy (non-hydrogen) atoms. The van der Waals surface area contributed by atoms with E-state index in [4.69, 9.17) is 0 Å². The molecule has 0 amide bonds. The molecule has 94 valence electrons. The molecule has 1 unspecified atom stereocenters. The highest BCUT2D eigenvalue weighted by molar-refractivity contribution is 5.27. The first-order chi connectivity index (χ1) is 7.92. The van der Waals surface area contributed by atoms with Gasteiger partial charge in [-0.15, -0.1) is 0 Å². The summed E-state index contributed by atoms with van der Waals surface area (Å²) < 4.78 is 0. The maximum atomic E-state index is 10.4. The fourth-order valence-corrected chi connectivity index (χ4v) is 2.83. The third-order valence-electron chi connectivity index (χ3n) is 3.84. The van der Waals surface area contributed by atoms with Crippen LogP contribution in [-0.4, -0.2) is 30.1 Å². The van der Waals surface area contributed by atoms with Gasteiger partial charge in [0, 0.05) is 18.5 Å². The molecule has 0 saturated carbocycles. The predicted octanol–water partition coefficient (Wildman–Crippen LogP) is 2.80. The van der Waals surface area contributed by atoms with Crippen LogP contribution in [0.1, 0.15) is 43.9 Å². The monoisotopic (exact) mass is 233 g/mol. The fraction of sp³-hybridized carbons (Fsp3) is 0.600. The zero-order chi connectivity index (χ0) is 12.6. The molecule has 0 spiro atoms. The molecule has 0 bridgehead atoms. The van der Waals surface area contributed by atoms with E-state index in [1.165, 1.54) is 5.56 Å². The van der Waals surface area contributed by atoms with Crippen LogP contribution in [0, 0.1) is 5.41 Å². The van der Waals surface area contributed by atoms with Crippen molar-refractivity contribution >= 4 is 0 Å². The number of nitrogens with zero attached hydrogens (tertiary/aromatic N) is 1. The number of likely N-dealkylation sites (tertiary alicyclic amines) is 1. The number of hydrogen-bond acceptors (Lipinski definition) is 2. The lowest BCUT2D eigenvalue weighted by Gasteiger charge is -2.49. The van der Waals surface area contributed by atoms with E-state index < -0.39 is 0 Å². The molecule has 1 aliphatic heterocycles. The van der Waals surface area contributed by atoms with Gasteiger partial charge in [0.15, 0.2) is 0 Å². The van der Waals surface area contributed by atoms with E-state index in [1.807, 2.05) is 0 Å². The molecular formula is C15H23NO. The minimum absolute atomic E-state index is 0.0219. The summed E-state index contributed by atoms with van der Waals surface area (Å²) >= 11 is 0. The molecule has 1 fully saturated rings. The van der Waals surface area contributed by atoms with Crippen molar-refractivity contribution < 1.29 is 5.11 Å². The van der Waals surface area contributed by atoms with Gasteiger partial charge in [0.05, 0.1) is 6.10 Å². The molecule has 1 atom stereocenters. The van der Waals surface area contributed by atoms with Gasteiger partial charge in [-0.2, -0.15) is 0 Å². The molecule has 2 rings (SSSR count). The van der Waals surface area contributed by atoms with Crippen LogP contribution in [0.5, 0.6) is 0 Å². The fourth-order valence-electron chi connectivity index (χ4n) is 2.83. The number of hydrogen-bond donors (Lipinski definition) is 1. The lowest BCUT2D eigenvalue weighted by Crippen LogP contribution is -2.55. The van der Waals surface area contributed by atoms with Gasteiger partial charge in [-0.3, -0.25) is 0 Å². The summed E-state index contributed by atoms with van der Waals surface area (Å²) in [5.74, 6) is 0.548. The Kier molecular flexibility index (Phi) is 3.28. The molecule has 1 saturated heterocycles. The van der Waals surface area contributed by atoms with Crippen LogP contribution in [-0.2, 0) is 0 Å². The van der Waals surface area contributed by atoms with Crippen LogP contribution < -0.4 is 0 Å². The van der Waals surface area contributed by atoms with Crippen molar-refractivity contribution in [3.63, 3.8) is 0 Å². The van der Waals surface area contributed by atoms with Crippen molar-refractivity contribution in [2.45, 2.75) is 32.8 Å². The second-order valence-corrected chi connectivity index (χ2v) is 6.05. The maximum Gasteiger partial charge on any atom is 0.0868 e. The third-order valence-corrected chi connectivity index (χ3v) is 3.84. The predicted molar refractivity (Wildman–Crippen MR) is 71.1 cm³/mol. The molecule has 2 nitrogen and oxygen atoms in total. The molecule has 0 aliphatic carbocycles. The summed E-state index contributed by atoms with van der Waals surface area (Å²) in [5.41, 5.74) is 2.40. The summed E-state index contributed by atoms with van der Waals surface area (Å²) in [6, 6.07) is 8.41. The van der Waals surface area contributed by atoms with Crippen molar-refractivity contribution in [2.75, 3.05) is 20.1 Å². The first kappa shape index (κ1) is 12.6. The van der Waals surface area contributed by atoms with Gasteiger partial charge in [-0.05, 0) is 24.1 Å². The van der Waals surface area contributed by atoms with Crippen LogP contribution in [0.2, 0.25) is 0 Å². The average molecular weight is 233 g/mol. The van der Waals surface area contributed by atoms with E-state index in [0.29, 0.717) is 5.92 Å². The van der Waals surface area contributed by atoms with E-state index >= 15 is 0 Å². The van der Waals surface area contributed by atoms with Gasteiger partial charge >= 0.3 is 0 Å². The average Bonchev–Trinajstić information content (AvgIpc) is 2.26. The maximum absolute atomic E-state index is 10.4. The van der Waals surface area contributed by atoms with Crippen molar-refractivity contribution in [1.29, 1.82) is 0 Å². The molecule has 0 aromatic heterocycles. The first-order valence-corrected chi connectivity index (χ1v) is 6.39. The number of rotatable bonds is 3. The quantitative estimate of drug-likeness (QED) is 0.867. The van der Waals surface area contributed by atoms with Crippen LogP contribution in [0.3, 0.4) is 0 Å². The SMILES string of the molecule is CC(C)c1ccc(C(O)C2(C)CN(C)C2)cc1. The zero-order valence-electron chi connectivity index (χ0n) is 11.3. The van der Waals surface area contributed by atoms with Crippen LogP contribution in [0.25, 0.3) is 0 Å². The Balaban J connectivity index is 2.12. The molecular weight excluding hydrogens is 210 g/mol. The topological polar surface area (TPSA) is 23.5 Å². The number of benzene rings is 1. The summed E-state index contributed by atoms with van der Waals surface area (Å²) in [4.78, 5) is 2.24. The molecule has 1 aromatic carbocycles. The van der Waals surface area contributed by atoms with E-state index in [1.54, 1.807) is 0 Å². The summed E-state index contributed by atoms with van der Waals surface area (Å²) in [6.07, 6.45) is -0.347. The van der Waals surface area contributed by atoms with E-state index in [-0.39, 0.29) is 11.5 Å². The van der Waals surface area contributed by atoms with Gasteiger partial charge in [0.2, 0.25) is 0 Å². The number of aliphatic hydroxyl groups excluding tert-OH is 1. The minimum atomic E-state index is -0.347. The molecule has 2 heteroatoms. The summed E-state index contributed by atoms with van der Waals surface area (Å²) in [5, 5.41) is 10.4. The standard InChI is InChI=1S/C15H23NO/c1-11(2)12-5-7-13(8-6-12)14(17)15(3)9-16(4)10-15/h5-8,11,14,17H,9-10H2,1-4H3. The summed E-state index contributed by atoms with van der Waals surface area (Å²) in [7, 11) is 2.09. The number of aliphatic hydroxyl groups is 1. The van der Waals surface area contributed by atoms with Crippen LogP contribution in [0.4, 0.5) is 0 Å². The van der Waals surface area contributed by atoms with Crippen LogP contribution >= 0.6 is 0 Å². The lowest BCUT2D eigenvalue weighted by molar-refractivity contribution is -0.0708. The molecule has 0 radical (unpaired) electrons. The third kappa shape index (κ3) is 2.38. The summed E-state index contributed by atoms with van der Waals surface area (Å²) in [6.45, 7) is 8.48. The second kappa shape index (κ2) is 4.43. The van der Waals surface area contributed by atoms with Crippen molar-refractivity contribution in [3.05, 3.63) is 35.4 Å². The second-order valence-electron chi connectivity index (χ2n) is 6.05. The van der Waals surface area contributed by atoms with Crippen molar-refractivity contribution in [3.8, 4) is 0 Å². The van der Waals surface area contributed by atoms with E-state index in [0.717, 1.165) is 18.7 Å². The van der Waals surface area contributed by atoms with E-state index in [2.05, 4.69) is 57.0 Å². The smallest absolute Gasteiger partial charge is 0.0868 e. The molecule has 1 heterocycles. The lowest BCUT2D eigenvalue weighted by atomic mass is 9.74. The normalized spacial score (nSPS) is 21.3. The first-order valence-electron chi connectivity index (χ1n) is 6.39. The highest BCUT2D eigenvalue weighted by Crippen LogP contribution is 2.41. The molecule has 1 aliphatic rings. The van der Waals surface area contributed by atoms with Crippen molar-refractivity contribution in [1.82, 2.24) is 4.90 Å². The van der Waals surface area contributed by atoms with Gasteiger partial charge in [0.25, 0.3) is 0 Å². The highest BCUT2D eigenvalue weighted by atomic mass is 16.3. The Morgan fingerprint density at radius 3 is 2.00 bits per heavy atom. The van der Waals surface area contributed by atoms with E-state index in [9.17, 15) is 5.11 Å². The minimum Gasteiger partial charge on any atom is -0.388 e. The molecule has 1 N–H and O–H groups in total.